The summed E-state index contributed by atoms with van der Waals surface area (Å²) < 4.78 is 29.2. The van der Waals surface area contributed by atoms with Crippen molar-refractivity contribution in [3.63, 3.8) is 0 Å². The fourth-order valence-electron chi connectivity index (χ4n) is 3.68. The van der Waals surface area contributed by atoms with Gasteiger partial charge in [0.05, 0.1) is 16.4 Å². The molecule has 4 rings (SSSR count). The number of nitro benzene ring substituents is 1. The molecule has 0 radical (unpaired) electrons. The Morgan fingerprint density at radius 3 is 2.64 bits per heavy atom. The van der Waals surface area contributed by atoms with Crippen molar-refractivity contribution in [2.24, 2.45) is 0 Å². The SMILES string of the molecule is Cl.O=[N+]([O-])c1cccc(S(=O)(=O)N2CCC(c3nnc4n3CCNC4)CC2)c1. The van der Waals surface area contributed by atoms with Crippen molar-refractivity contribution in [3.05, 3.63) is 46.0 Å². The Morgan fingerprint density at radius 1 is 1.18 bits per heavy atom. The van der Waals surface area contributed by atoms with Crippen LogP contribution in [0.15, 0.2) is 29.2 Å². The summed E-state index contributed by atoms with van der Waals surface area (Å²) in [6.45, 7) is 3.11. The first kappa shape index (κ1) is 20.6. The molecule has 0 spiro atoms. The highest BCUT2D eigenvalue weighted by atomic mass is 35.5. The zero-order valence-corrected chi connectivity index (χ0v) is 16.7. The standard InChI is InChI=1S/C16H20N6O4S.ClH/c23-22(24)13-2-1-3-14(10-13)27(25,26)20-7-4-12(5-8-20)16-19-18-15-11-17-6-9-21(15)16;/h1-3,10,12,17H,4-9,11H2;1H. The highest BCUT2D eigenvalue weighted by molar-refractivity contribution is 7.89. The summed E-state index contributed by atoms with van der Waals surface area (Å²) in [5.74, 6) is 2.02. The summed E-state index contributed by atoms with van der Waals surface area (Å²) in [7, 11) is -3.75. The van der Waals surface area contributed by atoms with E-state index in [1.165, 1.54) is 22.5 Å². The largest absolute Gasteiger partial charge is 0.312 e. The van der Waals surface area contributed by atoms with Gasteiger partial charge in [-0.15, -0.1) is 22.6 Å². The minimum atomic E-state index is -3.75. The fourth-order valence-corrected chi connectivity index (χ4v) is 5.19. The minimum Gasteiger partial charge on any atom is -0.312 e. The number of aromatic nitrogens is 3. The minimum absolute atomic E-state index is 0. The quantitative estimate of drug-likeness (QED) is 0.574. The fraction of sp³-hybridized carbons (Fsp3) is 0.500. The van der Waals surface area contributed by atoms with Gasteiger partial charge in [-0.25, -0.2) is 8.42 Å². The van der Waals surface area contributed by atoms with Crippen LogP contribution in [0, 0.1) is 10.1 Å². The van der Waals surface area contributed by atoms with Gasteiger partial charge in [-0.1, -0.05) is 6.07 Å². The van der Waals surface area contributed by atoms with Gasteiger partial charge in [0.15, 0.2) is 0 Å². The molecule has 0 unspecified atom stereocenters. The number of halogens is 1. The van der Waals surface area contributed by atoms with Gasteiger partial charge in [0.2, 0.25) is 10.0 Å². The van der Waals surface area contributed by atoms with E-state index in [0.717, 1.165) is 30.8 Å². The van der Waals surface area contributed by atoms with Crippen LogP contribution in [0.3, 0.4) is 0 Å². The Morgan fingerprint density at radius 2 is 1.93 bits per heavy atom. The molecule has 1 aromatic heterocycles. The maximum Gasteiger partial charge on any atom is 0.270 e. The molecule has 1 N–H and O–H groups in total. The van der Waals surface area contributed by atoms with E-state index in [1.54, 1.807) is 0 Å². The highest BCUT2D eigenvalue weighted by Crippen LogP contribution is 2.31. The van der Waals surface area contributed by atoms with Gasteiger partial charge in [-0.3, -0.25) is 10.1 Å². The molecule has 2 aliphatic rings. The van der Waals surface area contributed by atoms with Gasteiger partial charge in [-0.2, -0.15) is 4.31 Å². The van der Waals surface area contributed by atoms with E-state index in [1.807, 2.05) is 0 Å². The summed E-state index contributed by atoms with van der Waals surface area (Å²) in [5.41, 5.74) is -0.227. The molecule has 1 aromatic carbocycles. The second-order valence-electron chi connectivity index (χ2n) is 6.74. The lowest BCUT2D eigenvalue weighted by molar-refractivity contribution is -0.385. The zero-order chi connectivity index (χ0) is 19.0. The Bertz CT molecular complexity index is 971. The number of nitrogens with zero attached hydrogens (tertiary/aromatic N) is 5. The van der Waals surface area contributed by atoms with Gasteiger partial charge < -0.3 is 9.88 Å². The second-order valence-corrected chi connectivity index (χ2v) is 8.67. The van der Waals surface area contributed by atoms with Gasteiger partial charge in [0, 0.05) is 44.2 Å². The molecule has 1 saturated heterocycles. The molecule has 2 aliphatic heterocycles. The number of nitro groups is 1. The van der Waals surface area contributed by atoms with Crippen LogP contribution in [0.5, 0.6) is 0 Å². The van der Waals surface area contributed by atoms with Crippen LogP contribution in [0.2, 0.25) is 0 Å². The molecular formula is C16H21ClN6O4S. The Balaban J connectivity index is 0.00000225. The lowest BCUT2D eigenvalue weighted by atomic mass is 9.97. The average molecular weight is 429 g/mol. The third-order valence-corrected chi connectivity index (χ3v) is 7.03. The number of hydrogen-bond acceptors (Lipinski definition) is 7. The maximum absolute atomic E-state index is 12.8. The Kier molecular flexibility index (Phi) is 5.98. The monoisotopic (exact) mass is 428 g/mol. The van der Waals surface area contributed by atoms with Crippen molar-refractivity contribution in [2.45, 2.75) is 36.7 Å². The summed E-state index contributed by atoms with van der Waals surface area (Å²) in [5, 5.41) is 22.7. The third kappa shape index (κ3) is 3.75. The molecule has 0 bridgehead atoms. The molecule has 10 nitrogen and oxygen atoms in total. The van der Waals surface area contributed by atoms with Crippen molar-refractivity contribution in [2.75, 3.05) is 19.6 Å². The van der Waals surface area contributed by atoms with E-state index < -0.39 is 14.9 Å². The van der Waals surface area contributed by atoms with Gasteiger partial charge >= 0.3 is 0 Å². The first-order valence-electron chi connectivity index (χ1n) is 8.84. The molecule has 0 amide bonds. The van der Waals surface area contributed by atoms with Crippen LogP contribution in [-0.4, -0.2) is 52.0 Å². The van der Waals surface area contributed by atoms with Crippen molar-refractivity contribution in [1.29, 1.82) is 0 Å². The summed E-state index contributed by atoms with van der Waals surface area (Å²) in [6, 6.07) is 5.20. The normalized spacial score (nSPS) is 18.3. The van der Waals surface area contributed by atoms with Crippen molar-refractivity contribution < 1.29 is 13.3 Å². The van der Waals surface area contributed by atoms with E-state index in [0.29, 0.717) is 32.5 Å². The number of nitrogens with one attached hydrogen (secondary N) is 1. The molecule has 2 aromatic rings. The molecule has 0 aliphatic carbocycles. The number of fused-ring (bicyclic) bond motifs is 1. The van der Waals surface area contributed by atoms with E-state index in [4.69, 9.17) is 0 Å². The predicted molar refractivity (Wildman–Crippen MR) is 103 cm³/mol. The van der Waals surface area contributed by atoms with Crippen molar-refractivity contribution >= 4 is 28.1 Å². The second kappa shape index (κ2) is 8.11. The molecule has 152 valence electrons. The molecule has 1 fully saturated rings. The van der Waals surface area contributed by atoms with Crippen molar-refractivity contribution in [1.82, 2.24) is 24.4 Å². The van der Waals surface area contributed by atoms with Gasteiger partial charge in [0.25, 0.3) is 5.69 Å². The molecule has 0 saturated carbocycles. The predicted octanol–water partition coefficient (Wildman–Crippen LogP) is 1.28. The third-order valence-electron chi connectivity index (χ3n) is 5.14. The van der Waals surface area contributed by atoms with E-state index in [-0.39, 0.29) is 28.9 Å². The van der Waals surface area contributed by atoms with Gasteiger partial charge in [-0.05, 0) is 18.9 Å². The highest BCUT2D eigenvalue weighted by Gasteiger charge is 2.33. The molecule has 28 heavy (non-hydrogen) atoms. The molecule has 0 atom stereocenters. The topological polar surface area (TPSA) is 123 Å². The number of rotatable bonds is 4. The van der Waals surface area contributed by atoms with Crippen molar-refractivity contribution in [3.8, 4) is 0 Å². The number of non-ortho nitro benzene ring substituents is 1. The molecular weight excluding hydrogens is 408 g/mol. The van der Waals surface area contributed by atoms with Crippen LogP contribution in [0.4, 0.5) is 5.69 Å². The summed E-state index contributed by atoms with van der Waals surface area (Å²) in [6.07, 6.45) is 1.30. The van der Waals surface area contributed by atoms with E-state index in [2.05, 4.69) is 20.1 Å². The summed E-state index contributed by atoms with van der Waals surface area (Å²) >= 11 is 0. The molecule has 3 heterocycles. The first-order valence-corrected chi connectivity index (χ1v) is 10.3. The van der Waals surface area contributed by atoms with Crippen LogP contribution in [-0.2, 0) is 23.1 Å². The Labute approximate surface area is 168 Å². The maximum atomic E-state index is 12.8. The number of hydrogen-bond donors (Lipinski definition) is 1. The van der Waals surface area contributed by atoms with Crippen LogP contribution in [0.25, 0.3) is 0 Å². The van der Waals surface area contributed by atoms with Crippen LogP contribution >= 0.6 is 12.4 Å². The average Bonchev–Trinajstić information content (AvgIpc) is 3.12. The lowest BCUT2D eigenvalue weighted by Gasteiger charge is -2.31. The lowest BCUT2D eigenvalue weighted by Crippen LogP contribution is -2.38. The number of piperidine rings is 1. The smallest absolute Gasteiger partial charge is 0.270 e. The first-order chi connectivity index (χ1) is 13.0. The number of benzene rings is 1. The van der Waals surface area contributed by atoms with E-state index in [9.17, 15) is 18.5 Å². The van der Waals surface area contributed by atoms with Crippen LogP contribution < -0.4 is 5.32 Å². The summed E-state index contributed by atoms with van der Waals surface area (Å²) in [4.78, 5) is 10.3. The van der Waals surface area contributed by atoms with Crippen LogP contribution in [0.1, 0.15) is 30.4 Å². The van der Waals surface area contributed by atoms with Gasteiger partial charge in [0.1, 0.15) is 11.6 Å². The zero-order valence-electron chi connectivity index (χ0n) is 15.0. The Hall–Kier alpha value is -2.08. The van der Waals surface area contributed by atoms with E-state index >= 15 is 0 Å². The molecule has 12 heteroatoms. The number of sulfonamides is 1.